The van der Waals surface area contributed by atoms with Crippen LogP contribution in [0.15, 0.2) is 30.6 Å². The normalized spacial score (nSPS) is 10.2. The average molecular weight is 274 g/mol. The van der Waals surface area contributed by atoms with Gasteiger partial charge in [0.1, 0.15) is 17.9 Å². The number of aromatic nitrogens is 3. The first kappa shape index (κ1) is 14.0. The lowest BCUT2D eigenvalue weighted by atomic mass is 10.2. The van der Waals surface area contributed by atoms with Crippen molar-refractivity contribution in [2.75, 3.05) is 13.2 Å². The van der Waals surface area contributed by atoms with Crippen molar-refractivity contribution in [3.05, 3.63) is 42.0 Å². The first-order chi connectivity index (χ1) is 9.81. The molecule has 1 amide bonds. The number of benzene rings is 1. The Morgan fingerprint density at radius 1 is 1.40 bits per heavy atom. The van der Waals surface area contributed by atoms with E-state index in [-0.39, 0.29) is 5.91 Å². The number of rotatable bonds is 7. The summed E-state index contributed by atoms with van der Waals surface area (Å²) in [5.41, 5.74) is 0.564. The zero-order valence-electron chi connectivity index (χ0n) is 11.4. The molecular formula is C14H18N4O2. The van der Waals surface area contributed by atoms with Crippen LogP contribution >= 0.6 is 0 Å². The van der Waals surface area contributed by atoms with Crippen LogP contribution in [0.5, 0.6) is 5.75 Å². The van der Waals surface area contributed by atoms with Crippen molar-refractivity contribution in [3.63, 3.8) is 0 Å². The van der Waals surface area contributed by atoms with Gasteiger partial charge >= 0.3 is 0 Å². The maximum atomic E-state index is 12.1. The number of H-pyrrole nitrogens is 1. The zero-order chi connectivity index (χ0) is 14.2. The van der Waals surface area contributed by atoms with Crippen LogP contribution in [0.1, 0.15) is 29.5 Å². The molecule has 0 saturated carbocycles. The molecule has 1 aromatic carbocycles. The number of carbonyl (C=O) groups excluding carboxylic acids is 1. The third-order valence-corrected chi connectivity index (χ3v) is 2.77. The Hall–Kier alpha value is -2.37. The molecule has 6 nitrogen and oxygen atoms in total. The van der Waals surface area contributed by atoms with E-state index in [2.05, 4.69) is 20.5 Å². The minimum absolute atomic E-state index is 0.119. The van der Waals surface area contributed by atoms with Crippen LogP contribution in [0.3, 0.4) is 0 Å². The number of aromatic amines is 1. The van der Waals surface area contributed by atoms with Crippen molar-refractivity contribution in [2.45, 2.75) is 19.8 Å². The van der Waals surface area contributed by atoms with Gasteiger partial charge in [0.05, 0.1) is 12.2 Å². The lowest BCUT2D eigenvalue weighted by molar-refractivity contribution is 0.0949. The van der Waals surface area contributed by atoms with Gasteiger partial charge in [-0.1, -0.05) is 12.1 Å². The minimum Gasteiger partial charge on any atom is -0.493 e. The molecular weight excluding hydrogens is 256 g/mol. The minimum atomic E-state index is -0.119. The second kappa shape index (κ2) is 7.28. The highest BCUT2D eigenvalue weighted by Gasteiger charge is 2.10. The van der Waals surface area contributed by atoms with Gasteiger partial charge in [-0.3, -0.25) is 9.89 Å². The molecule has 0 saturated heterocycles. The van der Waals surface area contributed by atoms with Gasteiger partial charge in [-0.05, 0) is 25.5 Å². The van der Waals surface area contributed by atoms with Gasteiger partial charge in [-0.25, -0.2) is 4.98 Å². The van der Waals surface area contributed by atoms with Crippen molar-refractivity contribution in [1.29, 1.82) is 0 Å². The van der Waals surface area contributed by atoms with Gasteiger partial charge < -0.3 is 10.1 Å². The molecule has 0 unspecified atom stereocenters. The smallest absolute Gasteiger partial charge is 0.255 e. The molecule has 6 heteroatoms. The van der Waals surface area contributed by atoms with Gasteiger partial charge in [-0.2, -0.15) is 5.10 Å². The lowest BCUT2D eigenvalue weighted by Gasteiger charge is -2.10. The number of carbonyl (C=O) groups is 1. The number of para-hydroxylation sites is 1. The molecule has 0 spiro atoms. The number of hydrogen-bond donors (Lipinski definition) is 2. The summed E-state index contributed by atoms with van der Waals surface area (Å²) in [5.74, 6) is 1.32. The van der Waals surface area contributed by atoms with E-state index in [1.165, 1.54) is 6.33 Å². The number of aryl methyl sites for hydroxylation is 1. The summed E-state index contributed by atoms with van der Waals surface area (Å²) in [5, 5.41) is 9.44. The Kier molecular flexibility index (Phi) is 5.11. The summed E-state index contributed by atoms with van der Waals surface area (Å²) < 4.78 is 5.44. The van der Waals surface area contributed by atoms with Gasteiger partial charge in [0, 0.05) is 13.0 Å². The Morgan fingerprint density at radius 2 is 2.25 bits per heavy atom. The van der Waals surface area contributed by atoms with Gasteiger partial charge in [0.15, 0.2) is 0 Å². The maximum Gasteiger partial charge on any atom is 0.255 e. The van der Waals surface area contributed by atoms with Crippen LogP contribution in [-0.4, -0.2) is 34.2 Å². The molecule has 0 fully saturated rings. The van der Waals surface area contributed by atoms with Crippen LogP contribution < -0.4 is 10.1 Å². The highest BCUT2D eigenvalue weighted by Crippen LogP contribution is 2.17. The number of hydrogen-bond acceptors (Lipinski definition) is 4. The van der Waals surface area contributed by atoms with Gasteiger partial charge in [0.2, 0.25) is 0 Å². The number of amides is 1. The summed E-state index contributed by atoms with van der Waals surface area (Å²) in [7, 11) is 0. The Bertz CT molecular complexity index is 540. The lowest BCUT2D eigenvalue weighted by Crippen LogP contribution is -2.25. The van der Waals surface area contributed by atoms with E-state index in [0.29, 0.717) is 24.5 Å². The fourth-order valence-corrected chi connectivity index (χ4v) is 1.84. The van der Waals surface area contributed by atoms with Crippen molar-refractivity contribution in [1.82, 2.24) is 20.5 Å². The highest BCUT2D eigenvalue weighted by atomic mass is 16.5. The van der Waals surface area contributed by atoms with E-state index in [0.717, 1.165) is 18.7 Å². The molecule has 0 aliphatic heterocycles. The van der Waals surface area contributed by atoms with Gasteiger partial charge in [0.25, 0.3) is 5.91 Å². The van der Waals surface area contributed by atoms with Crippen LogP contribution in [-0.2, 0) is 6.42 Å². The molecule has 106 valence electrons. The Labute approximate surface area is 117 Å². The largest absolute Gasteiger partial charge is 0.493 e. The van der Waals surface area contributed by atoms with Crippen molar-refractivity contribution in [3.8, 4) is 5.75 Å². The topological polar surface area (TPSA) is 79.9 Å². The third kappa shape index (κ3) is 3.81. The van der Waals surface area contributed by atoms with E-state index in [1.54, 1.807) is 12.1 Å². The number of nitrogens with one attached hydrogen (secondary N) is 2. The molecule has 20 heavy (non-hydrogen) atoms. The predicted octanol–water partition coefficient (Wildman–Crippen LogP) is 1.57. The summed E-state index contributed by atoms with van der Waals surface area (Å²) >= 11 is 0. The summed E-state index contributed by atoms with van der Waals surface area (Å²) in [6, 6.07) is 7.24. The molecule has 1 heterocycles. The van der Waals surface area contributed by atoms with Crippen molar-refractivity contribution >= 4 is 5.91 Å². The van der Waals surface area contributed by atoms with Crippen LogP contribution in [0.4, 0.5) is 0 Å². The molecule has 0 radical (unpaired) electrons. The van der Waals surface area contributed by atoms with Crippen molar-refractivity contribution < 1.29 is 9.53 Å². The molecule has 1 aromatic heterocycles. The third-order valence-electron chi connectivity index (χ3n) is 2.77. The van der Waals surface area contributed by atoms with Crippen LogP contribution in [0, 0.1) is 0 Å². The fraction of sp³-hybridized carbons (Fsp3) is 0.357. The summed E-state index contributed by atoms with van der Waals surface area (Å²) in [6.45, 7) is 3.02. The van der Waals surface area contributed by atoms with Crippen LogP contribution in [0.2, 0.25) is 0 Å². The van der Waals surface area contributed by atoms with Gasteiger partial charge in [-0.15, -0.1) is 0 Å². The molecule has 2 aromatic rings. The molecule has 2 rings (SSSR count). The highest BCUT2D eigenvalue weighted by molar-refractivity contribution is 5.96. The Morgan fingerprint density at radius 3 is 3.00 bits per heavy atom. The van der Waals surface area contributed by atoms with E-state index >= 15 is 0 Å². The standard InChI is InChI=1S/C14H18N4O2/c1-2-20-12-7-4-3-6-11(12)14(19)15-9-5-8-13-16-10-17-18-13/h3-4,6-7,10H,2,5,8-9H2,1H3,(H,15,19)(H,16,17,18). The maximum absolute atomic E-state index is 12.1. The number of ether oxygens (including phenoxy) is 1. The quantitative estimate of drug-likeness (QED) is 0.751. The SMILES string of the molecule is CCOc1ccccc1C(=O)NCCCc1ncn[nH]1. The zero-order valence-corrected chi connectivity index (χ0v) is 11.4. The average Bonchev–Trinajstić information content (AvgIpc) is 2.97. The Balaban J connectivity index is 1.82. The van der Waals surface area contributed by atoms with E-state index in [9.17, 15) is 4.79 Å². The van der Waals surface area contributed by atoms with E-state index in [1.807, 2.05) is 19.1 Å². The first-order valence-corrected chi connectivity index (χ1v) is 6.65. The van der Waals surface area contributed by atoms with E-state index < -0.39 is 0 Å². The van der Waals surface area contributed by atoms with Crippen molar-refractivity contribution in [2.24, 2.45) is 0 Å². The molecule has 0 aliphatic rings. The molecule has 0 atom stereocenters. The summed E-state index contributed by atoms with van der Waals surface area (Å²) in [6.07, 6.45) is 3.04. The first-order valence-electron chi connectivity index (χ1n) is 6.65. The predicted molar refractivity (Wildman–Crippen MR) is 74.6 cm³/mol. The summed E-state index contributed by atoms with van der Waals surface area (Å²) in [4.78, 5) is 16.1. The second-order valence-electron chi connectivity index (χ2n) is 4.22. The molecule has 2 N–H and O–H groups in total. The number of nitrogens with zero attached hydrogens (tertiary/aromatic N) is 2. The molecule has 0 aliphatic carbocycles. The van der Waals surface area contributed by atoms with E-state index in [4.69, 9.17) is 4.74 Å². The monoisotopic (exact) mass is 274 g/mol. The fourth-order valence-electron chi connectivity index (χ4n) is 1.84. The molecule has 0 bridgehead atoms. The van der Waals surface area contributed by atoms with Crippen LogP contribution in [0.25, 0.3) is 0 Å². The second-order valence-corrected chi connectivity index (χ2v) is 4.22.